The van der Waals surface area contributed by atoms with Gasteiger partial charge in [0.25, 0.3) is 0 Å². The maximum Gasteiger partial charge on any atom is 0.488 e. The lowest BCUT2D eigenvalue weighted by Gasteiger charge is -2.13. The number of carbonyl (C=O) groups excluding carboxylic acids is 2. The summed E-state index contributed by atoms with van der Waals surface area (Å²) in [5.74, 6) is -12.9. The lowest BCUT2D eigenvalue weighted by Crippen LogP contribution is -2.30. The topological polar surface area (TPSA) is 209 Å². The number of rotatable bonds is 20. The first-order valence-corrected chi connectivity index (χ1v) is 29.0. The van der Waals surface area contributed by atoms with E-state index in [-0.39, 0.29) is 69.1 Å². The number of carbonyl (C=O) groups is 2. The van der Waals surface area contributed by atoms with Crippen LogP contribution in [-0.2, 0) is 0 Å². The third kappa shape index (κ3) is 14.3. The molecule has 92 heavy (non-hydrogen) atoms. The summed E-state index contributed by atoms with van der Waals surface area (Å²) in [7, 11) is 3.31. The van der Waals surface area contributed by atoms with Gasteiger partial charge >= 0.3 is 7.12 Å². The molecule has 0 amide bonds. The minimum atomic E-state index is -1.47. The van der Waals surface area contributed by atoms with Crippen molar-refractivity contribution in [2.75, 3.05) is 28.4 Å². The smallest absolute Gasteiger partial charge is 0.488 e. The second-order valence-electron chi connectivity index (χ2n) is 21.0. The van der Waals surface area contributed by atoms with Crippen molar-refractivity contribution < 1.29 is 92.7 Å². The van der Waals surface area contributed by atoms with Crippen LogP contribution in [0.25, 0.3) is 22.6 Å². The van der Waals surface area contributed by atoms with Crippen molar-refractivity contribution in [3.8, 4) is 80.5 Å². The Morgan fingerprint density at radius 1 is 0.478 bits per heavy atom. The van der Waals surface area contributed by atoms with Crippen molar-refractivity contribution in [1.82, 2.24) is 29.2 Å². The molecule has 0 bridgehead atoms. The molecular formula is C64H52BF8IN6O12. The number of aryl methyl sites for hydroxylation is 2. The third-order valence-corrected chi connectivity index (χ3v) is 15.3. The minimum Gasteiger partial charge on any atom is -0.494 e. The van der Waals surface area contributed by atoms with E-state index < -0.39 is 76.7 Å². The minimum absolute atomic E-state index is 0.0710. The second kappa shape index (κ2) is 27.9. The molecule has 2 fully saturated rings. The van der Waals surface area contributed by atoms with Crippen LogP contribution in [0.15, 0.2) is 109 Å². The van der Waals surface area contributed by atoms with Gasteiger partial charge in [-0.2, -0.15) is 35.1 Å². The molecule has 476 valence electrons. The molecule has 0 atom stereocenters. The maximum atomic E-state index is 14.9. The number of nitrogens with zero attached hydrogens (tertiary/aromatic N) is 6. The number of hydrogen-bond acceptors (Lipinski definition) is 16. The average Bonchev–Trinajstić information content (AvgIpc) is 1.57. The predicted molar refractivity (Wildman–Crippen MR) is 325 cm³/mol. The van der Waals surface area contributed by atoms with Crippen LogP contribution in [0.3, 0.4) is 0 Å². The zero-order chi connectivity index (χ0) is 65.8. The first-order valence-electron chi connectivity index (χ1n) is 28.0. The van der Waals surface area contributed by atoms with Gasteiger partial charge in [0.15, 0.2) is 80.4 Å². The lowest BCUT2D eigenvalue weighted by molar-refractivity contribution is 0.0967. The SMILES string of the molecule is COc1ccc(Oc2cc(Oc3ccc(OC)c(F)c3F)c3ncc(-c4ccc(C(=O)CC5CC5)c(C)c4)n3n2)c(F)c1F.COc1ccc(Oc2cc(Oc3ccc(OC)c(F)c3F)c3ncc(I)n3n2)c(F)c1F.Cc1cc(B(O)O)ccc1C(=O)CC1CC1. The van der Waals surface area contributed by atoms with Crippen LogP contribution in [0.2, 0.25) is 0 Å². The molecule has 0 unspecified atom stereocenters. The number of Topliss-reactive ketones (excluding diaryl/α,β-unsaturated/α-hetero) is 2. The van der Waals surface area contributed by atoms with Crippen molar-refractivity contribution in [3.63, 3.8) is 0 Å². The number of halogens is 9. The molecule has 4 aromatic heterocycles. The molecule has 18 nitrogen and oxygen atoms in total. The Kier molecular flexibility index (Phi) is 19.8. The Morgan fingerprint density at radius 2 is 0.837 bits per heavy atom. The molecule has 2 aliphatic rings. The summed E-state index contributed by atoms with van der Waals surface area (Å²) >= 11 is 1.92. The van der Waals surface area contributed by atoms with E-state index in [9.17, 15) is 44.7 Å². The number of ether oxygens (including phenoxy) is 8. The van der Waals surface area contributed by atoms with Gasteiger partial charge in [0.1, 0.15) is 3.70 Å². The van der Waals surface area contributed by atoms with E-state index in [0.29, 0.717) is 56.2 Å². The number of aromatic nitrogens is 6. The summed E-state index contributed by atoms with van der Waals surface area (Å²) < 4.78 is 160. The fraction of sp³-hybridized carbons (Fsp3) is 0.219. The Bertz CT molecular complexity index is 4480. The van der Waals surface area contributed by atoms with E-state index in [2.05, 4.69) is 20.2 Å². The second-order valence-corrected chi connectivity index (χ2v) is 22.1. The summed E-state index contributed by atoms with van der Waals surface area (Å²) in [6.45, 7) is 3.65. The van der Waals surface area contributed by atoms with E-state index in [1.807, 2.05) is 36.4 Å². The van der Waals surface area contributed by atoms with Crippen LogP contribution in [-0.4, -0.2) is 86.4 Å². The molecule has 2 aliphatic carbocycles. The molecule has 6 aromatic carbocycles. The van der Waals surface area contributed by atoms with Gasteiger partial charge in [-0.1, -0.05) is 30.3 Å². The first-order chi connectivity index (χ1) is 44.1. The van der Waals surface area contributed by atoms with Gasteiger partial charge in [0.05, 0.1) is 46.5 Å². The molecule has 12 rings (SSSR count). The van der Waals surface area contributed by atoms with Gasteiger partial charge in [-0.25, -0.2) is 19.0 Å². The van der Waals surface area contributed by atoms with Crippen molar-refractivity contribution in [2.45, 2.75) is 52.4 Å². The molecule has 4 heterocycles. The van der Waals surface area contributed by atoms with Crippen LogP contribution in [0.5, 0.6) is 69.3 Å². The van der Waals surface area contributed by atoms with Crippen molar-refractivity contribution in [3.05, 3.63) is 182 Å². The quantitative estimate of drug-likeness (QED) is 0.0315. The predicted octanol–water partition coefficient (Wildman–Crippen LogP) is 14.0. The van der Waals surface area contributed by atoms with E-state index in [1.165, 1.54) is 92.3 Å². The van der Waals surface area contributed by atoms with Crippen molar-refractivity contribution in [2.24, 2.45) is 11.8 Å². The fourth-order valence-corrected chi connectivity index (χ4v) is 9.88. The van der Waals surface area contributed by atoms with Gasteiger partial charge in [0, 0.05) is 41.7 Å². The molecule has 10 aromatic rings. The maximum absolute atomic E-state index is 14.9. The Balaban J connectivity index is 0.000000168. The Hall–Kier alpha value is -9.55. The normalized spacial score (nSPS) is 12.5. The monoisotopic (exact) mass is 1390 g/mol. The molecule has 0 saturated heterocycles. The highest BCUT2D eigenvalue weighted by atomic mass is 127. The van der Waals surface area contributed by atoms with E-state index in [1.54, 1.807) is 36.4 Å². The highest BCUT2D eigenvalue weighted by Gasteiger charge is 2.29. The number of benzene rings is 6. The summed E-state index contributed by atoms with van der Waals surface area (Å²) in [6.07, 6.45) is 8.49. The number of imidazole rings is 2. The largest absolute Gasteiger partial charge is 0.494 e. The number of fused-ring (bicyclic) bond motifs is 2. The molecule has 28 heteroatoms. The standard InChI is InChI=1S/C32H25F4N3O5.C20H12F4IN3O4.C12H15BO3/c1-16-12-18(6-7-19(16)21(40)13-17-4-5-17)20-15-37-32-26(43-24-10-8-22(41-2)28(33)30(24)35)14-27(38-39(20)32)44-25-11-9-23(42-3)29(34)31(25)36;1-29-9-3-5-11(18(23)16(9)21)31-13-7-15(27-28-14(25)8-26-20(13)28)32-12-6-4-10(30-2)17(22)19(12)24;1-8-6-10(13(15)16)4-5-11(8)12(14)7-9-2-3-9/h6-12,14-15,17H,4-5,13H2,1-3H3;3-8H,1-2H3;4-6,9,15-16H,2-3,7H2,1H3. The lowest BCUT2D eigenvalue weighted by atomic mass is 9.78. The van der Waals surface area contributed by atoms with E-state index >= 15 is 0 Å². The fourth-order valence-electron chi connectivity index (χ4n) is 9.41. The first kappa shape index (κ1) is 65.4. The number of methoxy groups -OCH3 is 4. The van der Waals surface area contributed by atoms with Crippen LogP contribution >= 0.6 is 22.6 Å². The van der Waals surface area contributed by atoms with Crippen LogP contribution in [0, 0.1) is 75.9 Å². The van der Waals surface area contributed by atoms with Gasteiger partial charge < -0.3 is 47.9 Å². The molecule has 0 spiro atoms. The van der Waals surface area contributed by atoms with Gasteiger partial charge in [0.2, 0.25) is 58.3 Å². The summed E-state index contributed by atoms with van der Waals surface area (Å²) in [6, 6.07) is 21.9. The number of ketones is 2. The van der Waals surface area contributed by atoms with Crippen LogP contribution in [0.1, 0.15) is 70.4 Å². The Morgan fingerprint density at radius 3 is 1.23 bits per heavy atom. The molecule has 2 saturated carbocycles. The van der Waals surface area contributed by atoms with Gasteiger partial charge in [-0.05, 0) is 145 Å². The third-order valence-electron chi connectivity index (χ3n) is 14.6. The van der Waals surface area contributed by atoms with Crippen LogP contribution in [0.4, 0.5) is 35.1 Å². The zero-order valence-electron chi connectivity index (χ0n) is 49.4. The van der Waals surface area contributed by atoms with Gasteiger partial charge in [-0.3, -0.25) is 9.59 Å². The highest BCUT2D eigenvalue weighted by molar-refractivity contribution is 14.1. The molecular weight excluding hydrogens is 1330 g/mol. The summed E-state index contributed by atoms with van der Waals surface area (Å²) in [5.41, 5.74) is 4.59. The van der Waals surface area contributed by atoms with E-state index in [0.717, 1.165) is 55.0 Å². The molecule has 2 N–H and O–H groups in total. The summed E-state index contributed by atoms with van der Waals surface area (Å²) in [4.78, 5) is 33.1. The number of hydrogen-bond donors (Lipinski definition) is 2. The zero-order valence-corrected chi connectivity index (χ0v) is 51.6. The molecule has 0 aliphatic heterocycles. The highest BCUT2D eigenvalue weighted by Crippen LogP contribution is 2.41. The average molecular weight is 1390 g/mol. The molecule has 0 radical (unpaired) electrons. The van der Waals surface area contributed by atoms with Crippen molar-refractivity contribution >= 4 is 58.0 Å². The summed E-state index contributed by atoms with van der Waals surface area (Å²) in [5, 5.41) is 26.6. The Labute approximate surface area is 532 Å². The van der Waals surface area contributed by atoms with Crippen molar-refractivity contribution in [1.29, 1.82) is 0 Å². The van der Waals surface area contributed by atoms with Crippen LogP contribution < -0.4 is 43.4 Å². The van der Waals surface area contributed by atoms with Gasteiger partial charge in [-0.15, -0.1) is 10.2 Å². The van der Waals surface area contributed by atoms with E-state index in [4.69, 9.17) is 47.9 Å².